The van der Waals surface area contributed by atoms with Gasteiger partial charge in [-0.15, -0.1) is 0 Å². The first-order valence-corrected chi connectivity index (χ1v) is 0. The third-order valence-electron chi connectivity index (χ3n) is 0. The summed E-state index contributed by atoms with van der Waals surface area (Å²) in [5, 5.41) is 0. The van der Waals surface area contributed by atoms with Crippen LogP contribution in [0.15, 0.2) is 0 Å². The van der Waals surface area contributed by atoms with Gasteiger partial charge in [-0.05, 0) is 0 Å². The SMILES string of the molecule is [Ca+2].[Ca+2].[Cu+2].[H-].[H-].[H-].[H-].[O-2].[Tl]. The minimum absolute atomic E-state index is 0. The van der Waals surface area contributed by atoms with E-state index in [1.807, 2.05) is 0 Å². The average Bonchev–Trinajstić information content (AvgIpc) is 0. The molecule has 0 saturated heterocycles. The predicted octanol–water partition coefficient (Wildman–Crippen LogP) is -0.814. The predicted molar refractivity (Wildman–Crippen MR) is 22.4 cm³/mol. The van der Waals surface area contributed by atoms with Gasteiger partial charge in [-0.2, -0.15) is 0 Å². The van der Waals surface area contributed by atoms with Crippen LogP contribution in [0.2, 0.25) is 0 Å². The minimum Gasteiger partial charge on any atom is -2.00 e. The Bertz CT molecular complexity index is 18.5. The maximum atomic E-state index is 0. The molecule has 1 nitrogen and oxygen atoms in total. The fourth-order valence-electron chi connectivity index (χ4n) is 0. The summed E-state index contributed by atoms with van der Waals surface area (Å²) in [6.07, 6.45) is 0. The van der Waals surface area contributed by atoms with Crippen molar-refractivity contribution in [2.24, 2.45) is 0 Å². The summed E-state index contributed by atoms with van der Waals surface area (Å²) in [5.41, 5.74) is 0. The molecule has 0 amide bonds. The molecule has 5 heavy (non-hydrogen) atoms. The molecule has 2 radical (unpaired) electrons. The van der Waals surface area contributed by atoms with Gasteiger partial charge in [-0.3, -0.25) is 0 Å². The molecule has 0 fully saturated rings. The Morgan fingerprint density at radius 3 is 1.00 bits per heavy atom. The standard InChI is InChI=1S/2Ca.Cu.O.Tl.4H/q3*+2;-2;;4*-1. The van der Waals surface area contributed by atoms with Gasteiger partial charge in [0.2, 0.25) is 0 Å². The van der Waals surface area contributed by atoms with Gasteiger partial charge in [0.25, 0.3) is 0 Å². The molecule has 0 rings (SSSR count). The maximum Gasteiger partial charge on any atom is 2.00 e. The number of hydrogen-bond donors (Lipinski definition) is 0. The van der Waals surface area contributed by atoms with Crippen molar-refractivity contribution in [3.05, 3.63) is 0 Å². The molecule has 5 heteroatoms. The van der Waals surface area contributed by atoms with Crippen LogP contribution >= 0.6 is 0 Å². The Morgan fingerprint density at radius 2 is 1.00 bits per heavy atom. The molecule has 0 spiro atoms. The molecule has 0 aromatic carbocycles. The van der Waals surface area contributed by atoms with Crippen molar-refractivity contribution in [1.82, 2.24) is 0 Å². The molecule has 0 atom stereocenters. The van der Waals surface area contributed by atoms with Crippen LogP contribution in [0, 0.1) is 0 Å². The first-order chi connectivity index (χ1) is 0. The fraction of sp³-hybridized carbons (Fsp3) is 0. The molecule has 0 aliphatic rings. The molecule has 0 N–H and O–H groups in total. The maximum absolute atomic E-state index is 0. The molecule has 28 valence electrons. The van der Waals surface area contributed by atoms with E-state index < -0.39 is 0 Å². The van der Waals surface area contributed by atoms with Crippen molar-refractivity contribution in [3.63, 3.8) is 0 Å². The normalized spacial score (nSPS) is 0. The van der Waals surface area contributed by atoms with Crippen LogP contribution in [0.4, 0.5) is 0 Å². The molecular formula is H4Ca2CuOTl. The molecule has 0 aromatic heterocycles. The second-order valence-electron chi connectivity index (χ2n) is 0. The summed E-state index contributed by atoms with van der Waals surface area (Å²) < 4.78 is 0. The van der Waals surface area contributed by atoms with E-state index in [0.717, 1.165) is 0 Å². The molecule has 0 saturated carbocycles. The zero-order valence-electron chi connectivity index (χ0n) is 6.70. The van der Waals surface area contributed by atoms with E-state index in [-0.39, 0.29) is 131 Å². The van der Waals surface area contributed by atoms with Gasteiger partial charge < -0.3 is 11.2 Å². The van der Waals surface area contributed by atoms with E-state index in [9.17, 15) is 0 Å². The van der Waals surface area contributed by atoms with Gasteiger partial charge in [0.1, 0.15) is 0 Å². The van der Waals surface area contributed by atoms with Crippen LogP contribution in [0.25, 0.3) is 0 Å². The van der Waals surface area contributed by atoms with Crippen molar-refractivity contribution >= 4 is 103 Å². The summed E-state index contributed by atoms with van der Waals surface area (Å²) in [6.45, 7) is 0. The van der Waals surface area contributed by atoms with E-state index in [1.165, 1.54) is 0 Å². The summed E-state index contributed by atoms with van der Waals surface area (Å²) in [6, 6.07) is 0. The van der Waals surface area contributed by atoms with Gasteiger partial charge in [0.15, 0.2) is 0 Å². The minimum atomic E-state index is 0. The molecule has 0 aromatic rings. The van der Waals surface area contributed by atoms with Gasteiger partial charge in [0, 0.05) is 27.3 Å². The second kappa shape index (κ2) is 24.7. The zero-order valence-corrected chi connectivity index (χ0v) is 12.5. The topological polar surface area (TPSA) is 28.5 Å². The molecule has 0 aliphatic carbocycles. The Morgan fingerprint density at radius 1 is 1.00 bits per heavy atom. The van der Waals surface area contributed by atoms with Gasteiger partial charge in [0.05, 0.1) is 0 Å². The smallest absolute Gasteiger partial charge is 2.00 e. The quantitative estimate of drug-likeness (QED) is 0.501. The third kappa shape index (κ3) is 18.1. The first-order valence-electron chi connectivity index (χ1n) is 0. The Kier molecular flexibility index (Phi) is 180. The van der Waals surface area contributed by atoms with Crippen LogP contribution in [0.1, 0.15) is 5.71 Å². The van der Waals surface area contributed by atoms with Gasteiger partial charge >= 0.3 is 92.5 Å². The Labute approximate surface area is 128 Å². The Hall–Kier alpha value is 3.92. The van der Waals surface area contributed by atoms with Crippen molar-refractivity contribution in [2.75, 3.05) is 0 Å². The van der Waals surface area contributed by atoms with E-state index in [0.29, 0.717) is 0 Å². The second-order valence-corrected chi connectivity index (χ2v) is 0. The van der Waals surface area contributed by atoms with E-state index in [2.05, 4.69) is 0 Å². The summed E-state index contributed by atoms with van der Waals surface area (Å²) in [5.74, 6) is 0. The monoisotopic (exact) mass is 368 g/mol. The molecule has 0 aliphatic heterocycles. The van der Waals surface area contributed by atoms with Crippen LogP contribution in [0.5, 0.6) is 0 Å². The van der Waals surface area contributed by atoms with Crippen LogP contribution in [-0.2, 0) is 22.5 Å². The largest absolute Gasteiger partial charge is 2.00 e. The number of hydrogen-bond acceptors (Lipinski definition) is 0. The summed E-state index contributed by atoms with van der Waals surface area (Å²) >= 11 is 0. The van der Waals surface area contributed by atoms with Crippen LogP contribution in [-0.4, -0.2) is 103 Å². The van der Waals surface area contributed by atoms with E-state index >= 15 is 0 Å². The van der Waals surface area contributed by atoms with Crippen molar-refractivity contribution in [3.8, 4) is 0 Å². The van der Waals surface area contributed by atoms with Gasteiger partial charge in [-0.25, -0.2) is 0 Å². The first kappa shape index (κ1) is 36.4. The molecule has 0 bridgehead atoms. The van der Waals surface area contributed by atoms with Crippen molar-refractivity contribution in [2.45, 2.75) is 0 Å². The summed E-state index contributed by atoms with van der Waals surface area (Å²) in [4.78, 5) is 0. The third-order valence-corrected chi connectivity index (χ3v) is 0. The molecule has 0 unspecified atom stereocenters. The Balaban J connectivity index is 0. The fourth-order valence-corrected chi connectivity index (χ4v) is 0. The number of rotatable bonds is 0. The van der Waals surface area contributed by atoms with Crippen LogP contribution in [0.3, 0.4) is 0 Å². The zero-order chi connectivity index (χ0) is 0. The molecular weight excluding hydrogens is 364 g/mol. The van der Waals surface area contributed by atoms with E-state index in [1.54, 1.807) is 0 Å². The molecule has 0 heterocycles. The van der Waals surface area contributed by atoms with Crippen LogP contribution < -0.4 is 0 Å². The van der Waals surface area contributed by atoms with Crippen molar-refractivity contribution in [1.29, 1.82) is 0 Å². The van der Waals surface area contributed by atoms with E-state index in [4.69, 9.17) is 0 Å². The van der Waals surface area contributed by atoms with Gasteiger partial charge in [-0.1, -0.05) is 0 Å². The summed E-state index contributed by atoms with van der Waals surface area (Å²) in [7, 11) is 0. The van der Waals surface area contributed by atoms with Crippen molar-refractivity contribution < 1.29 is 28.3 Å². The average molecular weight is 368 g/mol.